The van der Waals surface area contributed by atoms with Gasteiger partial charge in [0.15, 0.2) is 15.8 Å². The van der Waals surface area contributed by atoms with Crippen molar-refractivity contribution in [1.29, 1.82) is 0 Å². The first-order valence-corrected chi connectivity index (χ1v) is 15.1. The number of carbonyl (C=O) groups is 2. The fourth-order valence-electron chi connectivity index (χ4n) is 4.50. The van der Waals surface area contributed by atoms with Crippen molar-refractivity contribution in [2.75, 3.05) is 18.1 Å². The van der Waals surface area contributed by atoms with Crippen LogP contribution in [0.25, 0.3) is 5.76 Å². The van der Waals surface area contributed by atoms with Crippen molar-refractivity contribution in [3.05, 3.63) is 98.0 Å². The van der Waals surface area contributed by atoms with E-state index in [0.29, 0.717) is 61.0 Å². The maximum absolute atomic E-state index is 13.5. The van der Waals surface area contributed by atoms with E-state index in [-0.39, 0.29) is 16.5 Å². The molecule has 13 heteroatoms. The number of halogens is 3. The number of anilines is 1. The molecule has 41 heavy (non-hydrogen) atoms. The Balaban J connectivity index is 1.38. The Morgan fingerprint density at radius 1 is 0.976 bits per heavy atom. The maximum atomic E-state index is 13.5. The third-order valence-electron chi connectivity index (χ3n) is 6.39. The maximum Gasteiger partial charge on any atom is 0.301 e. The minimum absolute atomic E-state index is 0.105. The van der Waals surface area contributed by atoms with E-state index < -0.39 is 17.7 Å². The van der Waals surface area contributed by atoms with Crippen molar-refractivity contribution >= 4 is 80.5 Å². The van der Waals surface area contributed by atoms with E-state index in [1.54, 1.807) is 54.6 Å². The third-order valence-corrected chi connectivity index (χ3v) is 9.32. The van der Waals surface area contributed by atoms with Crippen molar-refractivity contribution in [3.63, 3.8) is 0 Å². The topological polar surface area (TPSA) is 102 Å². The fourth-order valence-corrected chi connectivity index (χ4v) is 7.13. The zero-order valence-corrected chi connectivity index (χ0v) is 24.7. The van der Waals surface area contributed by atoms with Gasteiger partial charge in [0.1, 0.15) is 19.0 Å². The van der Waals surface area contributed by atoms with E-state index in [1.165, 1.54) is 16.7 Å². The Labute approximate surface area is 257 Å². The van der Waals surface area contributed by atoms with E-state index in [4.69, 9.17) is 44.3 Å². The molecule has 1 N–H and O–H groups in total. The Kier molecular flexibility index (Phi) is 7.84. The number of thioether (sulfide) groups is 1. The first-order chi connectivity index (χ1) is 19.8. The second kappa shape index (κ2) is 11.5. The number of Topliss-reactive ketones (excluding diaryl/α,β-unsaturated/α-hetero) is 1. The molecule has 1 atom stereocenters. The van der Waals surface area contributed by atoms with Gasteiger partial charge in [-0.15, -0.1) is 10.2 Å². The summed E-state index contributed by atoms with van der Waals surface area (Å²) in [5, 5.41) is 21.5. The minimum Gasteiger partial charge on any atom is -0.507 e. The summed E-state index contributed by atoms with van der Waals surface area (Å²) >= 11 is 21.1. The van der Waals surface area contributed by atoms with Crippen LogP contribution in [0.1, 0.15) is 22.7 Å². The van der Waals surface area contributed by atoms with E-state index in [2.05, 4.69) is 10.2 Å². The molecule has 4 aromatic rings. The number of ketones is 1. The molecule has 0 saturated carbocycles. The summed E-state index contributed by atoms with van der Waals surface area (Å²) in [6.45, 7) is 0.763. The number of rotatable bonds is 6. The quantitative estimate of drug-likeness (QED) is 0.0773. The molecule has 2 aliphatic heterocycles. The van der Waals surface area contributed by atoms with Crippen LogP contribution in [0.5, 0.6) is 11.5 Å². The van der Waals surface area contributed by atoms with Crippen molar-refractivity contribution in [3.8, 4) is 11.5 Å². The number of carbonyl (C=O) groups excluding carboxylic acids is 2. The highest BCUT2D eigenvalue weighted by Gasteiger charge is 2.48. The van der Waals surface area contributed by atoms with Crippen LogP contribution < -0.4 is 14.4 Å². The molecule has 208 valence electrons. The SMILES string of the molecule is O=C1C(=O)N(c2nnc(SCc3ccc(Cl)cc3Cl)s2)[C@@H](c2cccc(Cl)c2)/C1=C(\O)c1ccc2c(c1)OCCO2. The van der Waals surface area contributed by atoms with Crippen LogP contribution in [0.3, 0.4) is 0 Å². The Morgan fingerprint density at radius 3 is 2.54 bits per heavy atom. The number of hydrogen-bond acceptors (Lipinski definition) is 9. The van der Waals surface area contributed by atoms with Crippen LogP contribution in [0, 0.1) is 0 Å². The van der Waals surface area contributed by atoms with E-state index in [9.17, 15) is 14.7 Å². The summed E-state index contributed by atoms with van der Waals surface area (Å²) in [5.74, 6) is -0.615. The van der Waals surface area contributed by atoms with Gasteiger partial charge in [0.05, 0.1) is 11.6 Å². The number of ether oxygens (including phenoxy) is 2. The molecule has 0 spiro atoms. The van der Waals surface area contributed by atoms with Gasteiger partial charge < -0.3 is 14.6 Å². The largest absolute Gasteiger partial charge is 0.507 e. The molecule has 0 aliphatic carbocycles. The van der Waals surface area contributed by atoms with E-state index in [1.807, 2.05) is 6.07 Å². The molecule has 0 bridgehead atoms. The van der Waals surface area contributed by atoms with Gasteiger partial charge in [-0.3, -0.25) is 14.5 Å². The Morgan fingerprint density at radius 2 is 1.76 bits per heavy atom. The monoisotopic (exact) mass is 645 g/mol. The molecule has 1 fully saturated rings. The zero-order chi connectivity index (χ0) is 28.7. The van der Waals surface area contributed by atoms with Crippen LogP contribution >= 0.6 is 57.9 Å². The Bertz CT molecular complexity index is 1730. The number of amides is 1. The second-order valence-corrected chi connectivity index (χ2v) is 12.4. The number of aromatic nitrogens is 2. The first kappa shape index (κ1) is 27.9. The van der Waals surface area contributed by atoms with Crippen molar-refractivity contribution in [2.24, 2.45) is 0 Å². The third kappa shape index (κ3) is 5.50. The average molecular weight is 647 g/mol. The lowest BCUT2D eigenvalue weighted by Crippen LogP contribution is -2.29. The number of benzene rings is 3. The van der Waals surface area contributed by atoms with Crippen molar-refractivity contribution < 1.29 is 24.2 Å². The molecule has 0 unspecified atom stereocenters. The normalized spacial score (nSPS) is 17.7. The number of fused-ring (bicyclic) bond motifs is 1. The molecule has 3 heterocycles. The lowest BCUT2D eigenvalue weighted by atomic mass is 9.95. The van der Waals surface area contributed by atoms with E-state index in [0.717, 1.165) is 16.9 Å². The summed E-state index contributed by atoms with van der Waals surface area (Å²) in [6.07, 6.45) is 0. The summed E-state index contributed by atoms with van der Waals surface area (Å²) < 4.78 is 11.8. The van der Waals surface area contributed by atoms with Gasteiger partial charge in [0.2, 0.25) is 5.13 Å². The molecule has 6 rings (SSSR count). The summed E-state index contributed by atoms with van der Waals surface area (Å²) in [6, 6.07) is 15.8. The smallest absolute Gasteiger partial charge is 0.301 e. The molecule has 1 saturated heterocycles. The Hall–Kier alpha value is -3.28. The number of nitrogens with zero attached hydrogens (tertiary/aromatic N) is 3. The zero-order valence-electron chi connectivity index (χ0n) is 20.8. The van der Waals surface area contributed by atoms with Gasteiger partial charge in [-0.25, -0.2) is 0 Å². The van der Waals surface area contributed by atoms with Gasteiger partial charge in [0, 0.05) is 26.4 Å². The lowest BCUT2D eigenvalue weighted by Gasteiger charge is -2.23. The number of aliphatic hydroxyl groups excluding tert-OH is 1. The number of hydrogen-bond donors (Lipinski definition) is 1. The van der Waals surface area contributed by atoms with Crippen LogP contribution in [0.4, 0.5) is 5.13 Å². The van der Waals surface area contributed by atoms with Crippen LogP contribution in [0.2, 0.25) is 15.1 Å². The minimum atomic E-state index is -1.00. The van der Waals surface area contributed by atoms with Gasteiger partial charge in [-0.1, -0.05) is 76.1 Å². The molecule has 0 radical (unpaired) electrons. The summed E-state index contributed by atoms with van der Waals surface area (Å²) in [7, 11) is 0. The summed E-state index contributed by atoms with van der Waals surface area (Å²) in [4.78, 5) is 28.2. The standard InChI is InChI=1S/C28H18Cl3N3O5S2/c29-17-3-1-2-14(10-17)23-22(24(35)15-5-7-20-21(11-15)39-9-8-38-20)25(36)26(37)34(23)27-32-33-28(41-27)40-13-16-4-6-18(30)12-19(16)31/h1-7,10-12,23,35H,8-9,13H2/b24-22+/t23-/m0/s1. The predicted octanol–water partition coefficient (Wildman–Crippen LogP) is 7.19. The summed E-state index contributed by atoms with van der Waals surface area (Å²) in [5.41, 5.74) is 1.57. The molecule has 1 aromatic heterocycles. The molecule has 2 aliphatic rings. The van der Waals surface area contributed by atoms with Crippen LogP contribution in [-0.4, -0.2) is 40.2 Å². The molecular formula is C28H18Cl3N3O5S2. The van der Waals surface area contributed by atoms with Crippen LogP contribution in [-0.2, 0) is 15.3 Å². The predicted molar refractivity (Wildman–Crippen MR) is 160 cm³/mol. The van der Waals surface area contributed by atoms with E-state index >= 15 is 0 Å². The molecule has 3 aromatic carbocycles. The molecule has 1 amide bonds. The average Bonchev–Trinajstić information content (AvgIpc) is 3.53. The van der Waals surface area contributed by atoms with Gasteiger partial charge in [-0.2, -0.15) is 0 Å². The van der Waals surface area contributed by atoms with Gasteiger partial charge in [0.25, 0.3) is 5.78 Å². The van der Waals surface area contributed by atoms with Crippen molar-refractivity contribution in [1.82, 2.24) is 10.2 Å². The highest BCUT2D eigenvalue weighted by Crippen LogP contribution is 2.45. The number of aliphatic hydroxyl groups is 1. The highest BCUT2D eigenvalue weighted by molar-refractivity contribution is 8.00. The van der Waals surface area contributed by atoms with Gasteiger partial charge >= 0.3 is 5.91 Å². The second-order valence-electron chi connectivity index (χ2n) is 8.96. The van der Waals surface area contributed by atoms with Gasteiger partial charge in [-0.05, 0) is 53.6 Å². The molecular weight excluding hydrogens is 629 g/mol. The lowest BCUT2D eigenvalue weighted by molar-refractivity contribution is -0.132. The van der Waals surface area contributed by atoms with Crippen LogP contribution in [0.15, 0.2) is 70.6 Å². The first-order valence-electron chi connectivity index (χ1n) is 12.2. The highest BCUT2D eigenvalue weighted by atomic mass is 35.5. The molecule has 8 nitrogen and oxygen atoms in total. The van der Waals surface area contributed by atoms with Crippen molar-refractivity contribution in [2.45, 2.75) is 16.1 Å². The fraction of sp³-hybridized carbons (Fsp3) is 0.143.